The Morgan fingerprint density at radius 2 is 1.91 bits per heavy atom. The molecule has 1 fully saturated rings. The van der Waals surface area contributed by atoms with E-state index >= 15 is 0 Å². The summed E-state index contributed by atoms with van der Waals surface area (Å²) in [6.45, 7) is 2.67. The summed E-state index contributed by atoms with van der Waals surface area (Å²) < 4.78 is 0. The van der Waals surface area contributed by atoms with Crippen molar-refractivity contribution in [3.8, 4) is 6.07 Å². The molecule has 0 unspecified atom stereocenters. The van der Waals surface area contributed by atoms with Gasteiger partial charge in [0.1, 0.15) is 0 Å². The van der Waals surface area contributed by atoms with Gasteiger partial charge in [0.05, 0.1) is 17.8 Å². The number of amides is 1. The third-order valence-electron chi connectivity index (χ3n) is 3.58. The lowest BCUT2D eigenvalue weighted by molar-refractivity contribution is -0.118. The molecule has 2 aromatic rings. The molecule has 3 rings (SSSR count). The minimum atomic E-state index is 0.536. The number of nitrogens with zero attached hydrogens (tertiary/aromatic N) is 6. The second-order valence-corrected chi connectivity index (χ2v) is 5.08. The minimum absolute atomic E-state index is 0.536. The average molecular weight is 309 g/mol. The van der Waals surface area contributed by atoms with E-state index in [0.29, 0.717) is 43.5 Å². The number of piperazine rings is 1. The van der Waals surface area contributed by atoms with Crippen LogP contribution in [0.1, 0.15) is 5.56 Å². The lowest BCUT2D eigenvalue weighted by atomic mass is 10.2. The van der Waals surface area contributed by atoms with Crippen LogP contribution in [0.4, 0.5) is 17.5 Å². The van der Waals surface area contributed by atoms with Crippen molar-refractivity contribution in [2.75, 3.05) is 36.4 Å². The molecule has 23 heavy (non-hydrogen) atoms. The van der Waals surface area contributed by atoms with E-state index in [1.165, 1.54) is 0 Å². The Balaban J connectivity index is 1.70. The number of anilines is 3. The molecule has 0 aliphatic carbocycles. The van der Waals surface area contributed by atoms with E-state index in [0.717, 1.165) is 12.1 Å². The van der Waals surface area contributed by atoms with Gasteiger partial charge in [-0.3, -0.25) is 4.79 Å². The summed E-state index contributed by atoms with van der Waals surface area (Å²) in [5.74, 6) is 1.12. The van der Waals surface area contributed by atoms with Crippen molar-refractivity contribution in [2.24, 2.45) is 0 Å². The van der Waals surface area contributed by atoms with Crippen molar-refractivity contribution in [2.45, 2.75) is 0 Å². The van der Waals surface area contributed by atoms with E-state index in [2.05, 4.69) is 26.6 Å². The van der Waals surface area contributed by atoms with Crippen LogP contribution in [0.2, 0.25) is 0 Å². The molecule has 8 heteroatoms. The fraction of sp³-hybridized carbons (Fsp3) is 0.267. The third kappa shape index (κ3) is 3.52. The zero-order chi connectivity index (χ0) is 16.1. The molecule has 1 aromatic heterocycles. The van der Waals surface area contributed by atoms with E-state index in [-0.39, 0.29) is 0 Å². The Hall–Kier alpha value is -3.21. The van der Waals surface area contributed by atoms with Crippen LogP contribution in [-0.2, 0) is 4.79 Å². The normalized spacial score (nSPS) is 14.2. The Kier molecular flexibility index (Phi) is 4.29. The monoisotopic (exact) mass is 309 g/mol. The summed E-state index contributed by atoms with van der Waals surface area (Å²) >= 11 is 0. The molecule has 8 nitrogen and oxygen atoms in total. The highest BCUT2D eigenvalue weighted by Crippen LogP contribution is 2.17. The summed E-state index contributed by atoms with van der Waals surface area (Å²) in [6, 6.07) is 9.16. The molecule has 0 spiro atoms. The quantitative estimate of drug-likeness (QED) is 0.833. The number of hydrogen-bond donors (Lipinski definition) is 1. The summed E-state index contributed by atoms with van der Waals surface area (Å²) in [4.78, 5) is 18.9. The van der Waals surface area contributed by atoms with Crippen molar-refractivity contribution < 1.29 is 4.79 Å². The maximum absolute atomic E-state index is 10.7. The van der Waals surface area contributed by atoms with Crippen LogP contribution in [0.3, 0.4) is 0 Å². The number of carbonyl (C=O) groups excluding carboxylic acids is 1. The van der Waals surface area contributed by atoms with Gasteiger partial charge in [0.2, 0.25) is 12.4 Å². The van der Waals surface area contributed by atoms with Crippen LogP contribution in [0.15, 0.2) is 30.5 Å². The predicted octanol–water partition coefficient (Wildman–Crippen LogP) is 0.765. The number of nitrogens with one attached hydrogen (secondary N) is 1. The van der Waals surface area contributed by atoms with Crippen LogP contribution < -0.4 is 10.2 Å². The molecule has 1 aliphatic heterocycles. The van der Waals surface area contributed by atoms with Gasteiger partial charge in [0.15, 0.2) is 5.82 Å². The van der Waals surface area contributed by atoms with Gasteiger partial charge in [-0.15, -0.1) is 5.10 Å². The predicted molar refractivity (Wildman–Crippen MR) is 84.1 cm³/mol. The highest BCUT2D eigenvalue weighted by atomic mass is 16.1. The smallest absolute Gasteiger partial charge is 0.247 e. The van der Waals surface area contributed by atoms with Gasteiger partial charge in [0, 0.05) is 31.9 Å². The number of hydrogen-bond acceptors (Lipinski definition) is 7. The van der Waals surface area contributed by atoms with E-state index in [4.69, 9.17) is 5.26 Å². The largest absolute Gasteiger partial charge is 0.342 e. The Morgan fingerprint density at radius 1 is 1.17 bits per heavy atom. The molecule has 0 radical (unpaired) electrons. The standard InChI is InChI=1S/C15H15N7O/c16-9-12-1-3-13(4-2-12)18-14-10-17-20-15(19-14)22-7-5-21(11-23)6-8-22/h1-4,10-11H,5-8H2,(H,18,19,20). The topological polar surface area (TPSA) is 98.0 Å². The molecule has 1 N–H and O–H groups in total. The van der Waals surface area contributed by atoms with E-state index < -0.39 is 0 Å². The summed E-state index contributed by atoms with van der Waals surface area (Å²) in [7, 11) is 0. The van der Waals surface area contributed by atoms with Gasteiger partial charge >= 0.3 is 0 Å². The zero-order valence-electron chi connectivity index (χ0n) is 12.4. The summed E-state index contributed by atoms with van der Waals surface area (Å²) in [6.07, 6.45) is 2.41. The maximum atomic E-state index is 10.7. The first kappa shape index (κ1) is 14.7. The molecule has 116 valence electrons. The molecular formula is C15H15N7O. The average Bonchev–Trinajstić information content (AvgIpc) is 2.63. The SMILES string of the molecule is N#Cc1ccc(Nc2cnnc(N3CCN(C=O)CC3)n2)cc1. The second kappa shape index (κ2) is 6.70. The van der Waals surface area contributed by atoms with Gasteiger partial charge < -0.3 is 15.1 Å². The van der Waals surface area contributed by atoms with E-state index in [1.54, 1.807) is 23.2 Å². The van der Waals surface area contributed by atoms with Crippen molar-refractivity contribution in [1.82, 2.24) is 20.1 Å². The fourth-order valence-corrected chi connectivity index (χ4v) is 2.29. The molecule has 0 atom stereocenters. The van der Waals surface area contributed by atoms with Crippen LogP contribution in [0.25, 0.3) is 0 Å². The fourth-order valence-electron chi connectivity index (χ4n) is 2.29. The lowest BCUT2D eigenvalue weighted by Gasteiger charge is -2.32. The van der Waals surface area contributed by atoms with Crippen molar-refractivity contribution in [1.29, 1.82) is 5.26 Å². The first-order chi connectivity index (χ1) is 11.3. The molecule has 2 heterocycles. The Labute approximate surface area is 133 Å². The van der Waals surface area contributed by atoms with Crippen LogP contribution in [0.5, 0.6) is 0 Å². The van der Waals surface area contributed by atoms with Gasteiger partial charge in [-0.25, -0.2) is 0 Å². The Morgan fingerprint density at radius 3 is 2.57 bits per heavy atom. The molecule has 0 bridgehead atoms. The summed E-state index contributed by atoms with van der Waals surface area (Å²) in [5, 5.41) is 20.0. The first-order valence-electron chi connectivity index (χ1n) is 7.20. The second-order valence-electron chi connectivity index (χ2n) is 5.08. The third-order valence-corrected chi connectivity index (χ3v) is 3.58. The molecule has 1 aromatic carbocycles. The van der Waals surface area contributed by atoms with E-state index in [1.807, 2.05) is 17.0 Å². The molecule has 1 saturated heterocycles. The van der Waals surface area contributed by atoms with Crippen LogP contribution >= 0.6 is 0 Å². The van der Waals surface area contributed by atoms with Gasteiger partial charge in [-0.05, 0) is 24.3 Å². The van der Waals surface area contributed by atoms with Crippen molar-refractivity contribution in [3.63, 3.8) is 0 Å². The molecule has 0 saturated carbocycles. The van der Waals surface area contributed by atoms with Crippen molar-refractivity contribution >= 4 is 23.9 Å². The molecule has 1 aliphatic rings. The highest BCUT2D eigenvalue weighted by Gasteiger charge is 2.18. The summed E-state index contributed by atoms with van der Waals surface area (Å²) in [5.41, 5.74) is 1.42. The van der Waals surface area contributed by atoms with Gasteiger partial charge in [0.25, 0.3) is 0 Å². The maximum Gasteiger partial charge on any atom is 0.247 e. The van der Waals surface area contributed by atoms with Crippen molar-refractivity contribution in [3.05, 3.63) is 36.0 Å². The minimum Gasteiger partial charge on any atom is -0.342 e. The van der Waals surface area contributed by atoms with Crippen LogP contribution in [0, 0.1) is 11.3 Å². The zero-order valence-corrected chi connectivity index (χ0v) is 12.4. The number of aromatic nitrogens is 3. The number of benzene rings is 1. The highest BCUT2D eigenvalue weighted by molar-refractivity contribution is 5.57. The number of nitriles is 1. The van der Waals surface area contributed by atoms with Gasteiger partial charge in [-0.2, -0.15) is 15.3 Å². The van der Waals surface area contributed by atoms with Crippen LogP contribution in [-0.4, -0.2) is 52.7 Å². The lowest BCUT2D eigenvalue weighted by Crippen LogP contribution is -2.46. The van der Waals surface area contributed by atoms with E-state index in [9.17, 15) is 4.79 Å². The number of carbonyl (C=O) groups is 1. The number of rotatable bonds is 4. The molecule has 1 amide bonds. The first-order valence-corrected chi connectivity index (χ1v) is 7.20. The van der Waals surface area contributed by atoms with Gasteiger partial charge in [-0.1, -0.05) is 0 Å². The molecular weight excluding hydrogens is 294 g/mol. The Bertz CT molecular complexity index is 717.